The zero-order chi connectivity index (χ0) is 18.7. The molecule has 0 atom stereocenters. The molecule has 134 valence electrons. The monoisotopic (exact) mass is 390 g/mol. The van der Waals surface area contributed by atoms with Crippen LogP contribution in [0.3, 0.4) is 0 Å². The van der Waals surface area contributed by atoms with Crippen LogP contribution < -0.4 is 14.8 Å². The molecular formula is C17H15ClN4O3S. The number of nitrogens with one attached hydrogen (secondary N) is 1. The van der Waals surface area contributed by atoms with Gasteiger partial charge in [0.1, 0.15) is 5.75 Å². The number of hydrogen-bond acceptors (Lipinski definition) is 7. The van der Waals surface area contributed by atoms with Gasteiger partial charge in [0.25, 0.3) is 11.1 Å². The number of aromatic nitrogens is 3. The molecule has 3 rings (SSSR count). The second-order valence-electron chi connectivity index (χ2n) is 5.22. The van der Waals surface area contributed by atoms with Crippen LogP contribution in [0.2, 0.25) is 5.02 Å². The molecule has 1 amide bonds. The molecule has 0 saturated heterocycles. The van der Waals surface area contributed by atoms with Crippen molar-refractivity contribution in [3.05, 3.63) is 46.7 Å². The minimum absolute atomic E-state index is 0.324. The quantitative estimate of drug-likeness (QED) is 0.712. The molecule has 0 aliphatic carbocycles. The van der Waals surface area contributed by atoms with E-state index in [1.807, 2.05) is 6.92 Å². The molecule has 0 radical (unpaired) electrons. The lowest BCUT2D eigenvalue weighted by atomic mass is 9.99. The zero-order valence-electron chi connectivity index (χ0n) is 14.2. The number of methoxy groups -OCH3 is 2. The highest BCUT2D eigenvalue weighted by Crippen LogP contribution is 2.38. The molecule has 9 heteroatoms. The Morgan fingerprint density at radius 3 is 2.73 bits per heavy atom. The van der Waals surface area contributed by atoms with Crippen LogP contribution in [-0.4, -0.2) is 35.3 Å². The van der Waals surface area contributed by atoms with Crippen molar-refractivity contribution in [2.75, 3.05) is 19.5 Å². The van der Waals surface area contributed by atoms with Gasteiger partial charge in [0.05, 0.1) is 24.8 Å². The summed E-state index contributed by atoms with van der Waals surface area (Å²) in [5.41, 5.74) is 2.34. The Morgan fingerprint density at radius 1 is 1.23 bits per heavy atom. The van der Waals surface area contributed by atoms with E-state index in [0.29, 0.717) is 37.8 Å². The minimum Gasteiger partial charge on any atom is -0.496 e. The zero-order valence-corrected chi connectivity index (χ0v) is 15.8. The van der Waals surface area contributed by atoms with Gasteiger partial charge in [0.15, 0.2) is 0 Å². The second kappa shape index (κ2) is 7.67. The summed E-state index contributed by atoms with van der Waals surface area (Å²) in [6.07, 6.45) is 1.50. The van der Waals surface area contributed by atoms with Gasteiger partial charge in [-0.1, -0.05) is 22.8 Å². The first-order chi connectivity index (χ1) is 12.5. The second-order valence-corrected chi connectivity index (χ2v) is 6.57. The van der Waals surface area contributed by atoms with Crippen molar-refractivity contribution in [1.29, 1.82) is 0 Å². The molecule has 2 heterocycles. The maximum absolute atomic E-state index is 12.8. The van der Waals surface area contributed by atoms with Gasteiger partial charge in [0, 0.05) is 23.0 Å². The molecule has 7 nitrogen and oxygen atoms in total. The highest BCUT2D eigenvalue weighted by molar-refractivity contribution is 7.17. The first-order valence-corrected chi connectivity index (χ1v) is 8.71. The maximum atomic E-state index is 12.8. The standard InChI is InChI=1S/C17H15ClN4O3S/c1-9-7-10(14-12(18)5-4-6-13(14)24-2)11(8-19-9)15(23)20-16-21-22-17(25-3)26-16/h4-8H,1-3H3,(H,20,21,23). The van der Waals surface area contributed by atoms with Gasteiger partial charge in [-0.05, 0) is 36.5 Å². The largest absolute Gasteiger partial charge is 0.496 e. The maximum Gasteiger partial charge on any atom is 0.295 e. The number of ether oxygens (including phenoxy) is 2. The van der Waals surface area contributed by atoms with Crippen molar-refractivity contribution >= 4 is 34.0 Å². The lowest BCUT2D eigenvalue weighted by Gasteiger charge is -2.14. The summed E-state index contributed by atoms with van der Waals surface area (Å²) in [7, 11) is 3.04. The van der Waals surface area contributed by atoms with E-state index < -0.39 is 0 Å². The van der Waals surface area contributed by atoms with E-state index in [1.165, 1.54) is 13.3 Å². The summed E-state index contributed by atoms with van der Waals surface area (Å²) in [6, 6.07) is 7.10. The topological polar surface area (TPSA) is 86.2 Å². The summed E-state index contributed by atoms with van der Waals surface area (Å²) in [4.78, 5) is 17.0. The lowest BCUT2D eigenvalue weighted by Crippen LogP contribution is -2.14. The molecule has 2 aromatic heterocycles. The third-order valence-corrected chi connectivity index (χ3v) is 4.67. The van der Waals surface area contributed by atoms with Crippen LogP contribution in [0.5, 0.6) is 10.9 Å². The van der Waals surface area contributed by atoms with E-state index in [4.69, 9.17) is 21.1 Å². The fourth-order valence-corrected chi connectivity index (χ4v) is 3.21. The molecule has 0 bridgehead atoms. The minimum atomic E-state index is -0.381. The fourth-order valence-electron chi connectivity index (χ4n) is 2.39. The van der Waals surface area contributed by atoms with Crippen LogP contribution in [0.15, 0.2) is 30.5 Å². The number of anilines is 1. The van der Waals surface area contributed by atoms with Gasteiger partial charge in [-0.25, -0.2) is 0 Å². The Morgan fingerprint density at radius 2 is 2.04 bits per heavy atom. The van der Waals surface area contributed by atoms with E-state index in [2.05, 4.69) is 20.5 Å². The third kappa shape index (κ3) is 3.61. The Hall–Kier alpha value is -2.71. The molecule has 26 heavy (non-hydrogen) atoms. The van der Waals surface area contributed by atoms with Crippen molar-refractivity contribution in [1.82, 2.24) is 15.2 Å². The van der Waals surface area contributed by atoms with Crippen LogP contribution >= 0.6 is 22.9 Å². The summed E-state index contributed by atoms with van der Waals surface area (Å²) < 4.78 is 10.4. The number of nitrogens with zero attached hydrogens (tertiary/aromatic N) is 3. The van der Waals surface area contributed by atoms with E-state index in [1.54, 1.807) is 31.4 Å². The Labute approximate surface area is 159 Å². The van der Waals surface area contributed by atoms with E-state index in [-0.39, 0.29) is 5.91 Å². The van der Waals surface area contributed by atoms with Crippen molar-refractivity contribution in [2.24, 2.45) is 0 Å². The Kier molecular flexibility index (Phi) is 5.34. The Balaban J connectivity index is 2.05. The number of rotatable bonds is 5. The van der Waals surface area contributed by atoms with Crippen LogP contribution in [0.25, 0.3) is 11.1 Å². The Bertz CT molecular complexity index is 961. The number of benzene rings is 1. The predicted molar refractivity (Wildman–Crippen MR) is 100 cm³/mol. The van der Waals surface area contributed by atoms with Gasteiger partial charge < -0.3 is 9.47 Å². The van der Waals surface area contributed by atoms with Crippen LogP contribution in [0.4, 0.5) is 5.13 Å². The normalized spacial score (nSPS) is 10.5. The van der Waals surface area contributed by atoms with Gasteiger partial charge in [-0.15, -0.1) is 5.10 Å². The molecular weight excluding hydrogens is 376 g/mol. The van der Waals surface area contributed by atoms with Gasteiger partial charge in [-0.3, -0.25) is 15.1 Å². The SMILES string of the molecule is COc1nnc(NC(=O)c2cnc(C)cc2-c2c(Cl)cccc2OC)s1. The van der Waals surface area contributed by atoms with Crippen molar-refractivity contribution < 1.29 is 14.3 Å². The van der Waals surface area contributed by atoms with Crippen molar-refractivity contribution in [3.8, 4) is 22.1 Å². The molecule has 1 aromatic carbocycles. The number of pyridine rings is 1. The molecule has 0 aliphatic rings. The summed E-state index contributed by atoms with van der Waals surface area (Å²) >= 11 is 7.51. The average molecular weight is 391 g/mol. The number of carbonyl (C=O) groups is 1. The van der Waals surface area contributed by atoms with Crippen LogP contribution in [0, 0.1) is 6.92 Å². The lowest BCUT2D eigenvalue weighted by molar-refractivity contribution is 0.102. The van der Waals surface area contributed by atoms with E-state index in [0.717, 1.165) is 17.0 Å². The fraction of sp³-hybridized carbons (Fsp3) is 0.176. The predicted octanol–water partition coefficient (Wildman–Crippen LogP) is 3.83. The highest BCUT2D eigenvalue weighted by Gasteiger charge is 2.20. The number of hydrogen-bond donors (Lipinski definition) is 1. The van der Waals surface area contributed by atoms with Crippen LogP contribution in [-0.2, 0) is 0 Å². The summed E-state index contributed by atoms with van der Waals surface area (Å²) in [6.45, 7) is 1.84. The molecule has 0 aliphatic heterocycles. The van der Waals surface area contributed by atoms with E-state index >= 15 is 0 Å². The number of carbonyl (C=O) groups excluding carboxylic acids is 1. The van der Waals surface area contributed by atoms with Crippen molar-refractivity contribution in [3.63, 3.8) is 0 Å². The van der Waals surface area contributed by atoms with Crippen LogP contribution in [0.1, 0.15) is 16.1 Å². The van der Waals surface area contributed by atoms with Gasteiger partial charge in [0.2, 0.25) is 5.13 Å². The molecule has 0 fully saturated rings. The number of aryl methyl sites for hydroxylation is 1. The molecule has 1 N–H and O–H groups in total. The molecule has 0 unspecified atom stereocenters. The van der Waals surface area contributed by atoms with Gasteiger partial charge >= 0.3 is 0 Å². The molecule has 3 aromatic rings. The molecule has 0 spiro atoms. The van der Waals surface area contributed by atoms with E-state index in [9.17, 15) is 4.79 Å². The first-order valence-electron chi connectivity index (χ1n) is 7.52. The third-order valence-electron chi connectivity index (χ3n) is 3.55. The smallest absolute Gasteiger partial charge is 0.295 e. The number of halogens is 1. The van der Waals surface area contributed by atoms with Crippen molar-refractivity contribution in [2.45, 2.75) is 6.92 Å². The van der Waals surface area contributed by atoms with Gasteiger partial charge in [-0.2, -0.15) is 0 Å². The average Bonchev–Trinajstić information content (AvgIpc) is 3.08. The first kappa shape index (κ1) is 18.1. The molecule has 0 saturated carbocycles. The summed E-state index contributed by atoms with van der Waals surface area (Å²) in [5.74, 6) is 0.183. The summed E-state index contributed by atoms with van der Waals surface area (Å²) in [5, 5.41) is 11.5. The highest BCUT2D eigenvalue weighted by atomic mass is 35.5. The number of amides is 1.